The normalized spacial score (nSPS) is 11.0. The first kappa shape index (κ1) is 22.2. The molecule has 3 aromatic rings. The second-order valence-corrected chi connectivity index (χ2v) is 8.18. The van der Waals surface area contributed by atoms with Crippen LogP contribution in [-0.4, -0.2) is 4.98 Å². The van der Waals surface area contributed by atoms with E-state index in [4.69, 9.17) is 0 Å². The number of aromatic nitrogens is 1. The zero-order valence-electron chi connectivity index (χ0n) is 18.5. The number of nitrogens with zero attached hydrogens (tertiary/aromatic N) is 1. The lowest BCUT2D eigenvalue weighted by atomic mass is 9.98. The molecule has 0 unspecified atom stereocenters. The van der Waals surface area contributed by atoms with Crippen molar-refractivity contribution in [3.63, 3.8) is 0 Å². The van der Waals surface area contributed by atoms with E-state index in [9.17, 15) is 4.39 Å². The molecule has 2 aromatic carbocycles. The van der Waals surface area contributed by atoms with Crippen LogP contribution in [0.3, 0.4) is 0 Å². The predicted molar refractivity (Wildman–Crippen MR) is 126 cm³/mol. The fourth-order valence-corrected chi connectivity index (χ4v) is 3.84. The summed E-state index contributed by atoms with van der Waals surface area (Å²) in [6.07, 6.45) is 10.6. The van der Waals surface area contributed by atoms with Crippen LogP contribution in [0.5, 0.6) is 0 Å². The summed E-state index contributed by atoms with van der Waals surface area (Å²) in [6, 6.07) is 20.8. The van der Waals surface area contributed by atoms with Gasteiger partial charge in [0.2, 0.25) is 5.95 Å². The standard InChI is InChI=1S/C28H34FN/c1-3-5-7-9-10-22-12-14-23(15-13-22)24-16-18-25(19-17-24)27-21-20-26(30-28(27)29)11-8-6-4-2/h12-21H,3-11H2,1-2H3. The van der Waals surface area contributed by atoms with Gasteiger partial charge in [-0.2, -0.15) is 4.39 Å². The molecule has 0 saturated heterocycles. The molecule has 0 aliphatic rings. The lowest BCUT2D eigenvalue weighted by molar-refractivity contribution is 0.576. The van der Waals surface area contributed by atoms with Gasteiger partial charge in [-0.3, -0.25) is 0 Å². The average molecular weight is 404 g/mol. The molecule has 3 rings (SSSR count). The average Bonchev–Trinajstić information content (AvgIpc) is 2.78. The summed E-state index contributed by atoms with van der Waals surface area (Å²) in [5, 5.41) is 0. The van der Waals surface area contributed by atoms with Crippen molar-refractivity contribution in [3.8, 4) is 22.3 Å². The fraction of sp³-hybridized carbons (Fsp3) is 0.393. The number of rotatable bonds is 11. The van der Waals surface area contributed by atoms with Crippen LogP contribution in [0.4, 0.5) is 4.39 Å². The zero-order chi connectivity index (χ0) is 21.2. The van der Waals surface area contributed by atoms with Crippen molar-refractivity contribution in [1.29, 1.82) is 0 Å². The van der Waals surface area contributed by atoms with E-state index in [2.05, 4.69) is 55.2 Å². The Morgan fingerprint density at radius 3 is 1.80 bits per heavy atom. The molecular weight excluding hydrogens is 369 g/mol. The van der Waals surface area contributed by atoms with Crippen molar-refractivity contribution in [2.24, 2.45) is 0 Å². The highest BCUT2D eigenvalue weighted by Gasteiger charge is 2.08. The number of unbranched alkanes of at least 4 members (excludes halogenated alkanes) is 5. The Bertz CT molecular complexity index is 897. The summed E-state index contributed by atoms with van der Waals surface area (Å²) < 4.78 is 14.6. The highest BCUT2D eigenvalue weighted by Crippen LogP contribution is 2.27. The van der Waals surface area contributed by atoms with Gasteiger partial charge in [-0.05, 0) is 60.1 Å². The van der Waals surface area contributed by atoms with Crippen molar-refractivity contribution in [2.75, 3.05) is 0 Å². The van der Waals surface area contributed by atoms with Crippen LogP contribution in [0.15, 0.2) is 60.7 Å². The predicted octanol–water partition coefficient (Wildman–Crippen LogP) is 8.41. The van der Waals surface area contributed by atoms with Crippen LogP contribution in [0.2, 0.25) is 0 Å². The molecule has 0 fully saturated rings. The minimum atomic E-state index is -0.371. The van der Waals surface area contributed by atoms with Gasteiger partial charge < -0.3 is 0 Å². The van der Waals surface area contributed by atoms with E-state index < -0.39 is 0 Å². The lowest BCUT2D eigenvalue weighted by Crippen LogP contribution is -1.96. The number of halogens is 1. The van der Waals surface area contributed by atoms with Crippen LogP contribution in [-0.2, 0) is 12.8 Å². The van der Waals surface area contributed by atoms with Crippen molar-refractivity contribution in [1.82, 2.24) is 4.98 Å². The molecule has 30 heavy (non-hydrogen) atoms. The first-order valence-corrected chi connectivity index (χ1v) is 11.6. The Balaban J connectivity index is 1.64. The number of hydrogen-bond donors (Lipinski definition) is 0. The Morgan fingerprint density at radius 2 is 1.17 bits per heavy atom. The molecular formula is C28H34FN. The quantitative estimate of drug-likeness (QED) is 0.231. The van der Waals surface area contributed by atoms with Gasteiger partial charge in [0.15, 0.2) is 0 Å². The maximum atomic E-state index is 14.6. The Labute approximate surface area is 181 Å². The number of pyridine rings is 1. The van der Waals surface area contributed by atoms with Gasteiger partial charge in [-0.15, -0.1) is 0 Å². The monoisotopic (exact) mass is 403 g/mol. The fourth-order valence-electron chi connectivity index (χ4n) is 3.84. The molecule has 1 heterocycles. The maximum Gasteiger partial charge on any atom is 0.220 e. The molecule has 0 spiro atoms. The summed E-state index contributed by atoms with van der Waals surface area (Å²) in [5.41, 5.74) is 6.04. The van der Waals surface area contributed by atoms with E-state index in [-0.39, 0.29) is 5.95 Å². The first-order valence-electron chi connectivity index (χ1n) is 11.6. The second-order valence-electron chi connectivity index (χ2n) is 8.18. The molecule has 0 atom stereocenters. The van der Waals surface area contributed by atoms with Gasteiger partial charge >= 0.3 is 0 Å². The summed E-state index contributed by atoms with van der Waals surface area (Å²) in [7, 11) is 0. The maximum absolute atomic E-state index is 14.6. The first-order chi connectivity index (χ1) is 14.7. The minimum Gasteiger partial charge on any atom is -0.224 e. The number of aryl methyl sites for hydroxylation is 2. The number of benzene rings is 2. The van der Waals surface area contributed by atoms with Gasteiger partial charge in [0, 0.05) is 11.3 Å². The zero-order valence-corrected chi connectivity index (χ0v) is 18.5. The minimum absolute atomic E-state index is 0.371. The Morgan fingerprint density at radius 1 is 0.600 bits per heavy atom. The van der Waals surface area contributed by atoms with Crippen molar-refractivity contribution in [3.05, 3.63) is 77.9 Å². The summed E-state index contributed by atoms with van der Waals surface area (Å²) >= 11 is 0. The summed E-state index contributed by atoms with van der Waals surface area (Å²) in [6.45, 7) is 4.42. The summed E-state index contributed by atoms with van der Waals surface area (Å²) in [4.78, 5) is 4.18. The van der Waals surface area contributed by atoms with Gasteiger partial charge in [-0.25, -0.2) is 4.98 Å². The molecule has 158 valence electrons. The molecule has 0 amide bonds. The largest absolute Gasteiger partial charge is 0.224 e. The molecule has 0 aliphatic carbocycles. The third-order valence-corrected chi connectivity index (χ3v) is 5.75. The van der Waals surface area contributed by atoms with Crippen LogP contribution in [0.25, 0.3) is 22.3 Å². The van der Waals surface area contributed by atoms with Gasteiger partial charge in [0.25, 0.3) is 0 Å². The van der Waals surface area contributed by atoms with E-state index in [1.54, 1.807) is 0 Å². The third kappa shape index (κ3) is 6.26. The van der Waals surface area contributed by atoms with Gasteiger partial charge in [-0.1, -0.05) is 94.5 Å². The Kier molecular flexibility index (Phi) is 8.62. The van der Waals surface area contributed by atoms with Crippen molar-refractivity contribution in [2.45, 2.75) is 71.6 Å². The molecule has 0 N–H and O–H groups in total. The molecule has 0 radical (unpaired) electrons. The molecule has 1 aromatic heterocycles. The van der Waals surface area contributed by atoms with Crippen molar-refractivity contribution < 1.29 is 4.39 Å². The van der Waals surface area contributed by atoms with E-state index in [0.717, 1.165) is 48.9 Å². The van der Waals surface area contributed by atoms with E-state index in [1.165, 1.54) is 36.8 Å². The van der Waals surface area contributed by atoms with E-state index in [1.807, 2.05) is 24.3 Å². The third-order valence-electron chi connectivity index (χ3n) is 5.75. The molecule has 0 saturated carbocycles. The molecule has 0 aliphatic heterocycles. The molecule has 2 heteroatoms. The lowest BCUT2D eigenvalue weighted by Gasteiger charge is -2.08. The second kappa shape index (κ2) is 11.6. The highest BCUT2D eigenvalue weighted by molar-refractivity contribution is 5.70. The van der Waals surface area contributed by atoms with Crippen LogP contribution in [0.1, 0.15) is 70.1 Å². The van der Waals surface area contributed by atoms with Gasteiger partial charge in [0.1, 0.15) is 0 Å². The SMILES string of the molecule is CCCCCCc1ccc(-c2ccc(-c3ccc(CCCCC)nc3F)cc2)cc1. The van der Waals surface area contributed by atoms with Crippen LogP contribution >= 0.6 is 0 Å². The molecule has 1 nitrogen and oxygen atoms in total. The smallest absolute Gasteiger partial charge is 0.220 e. The Hall–Kier alpha value is -2.48. The highest BCUT2D eigenvalue weighted by atomic mass is 19.1. The van der Waals surface area contributed by atoms with E-state index >= 15 is 0 Å². The van der Waals surface area contributed by atoms with Gasteiger partial charge in [0.05, 0.1) is 0 Å². The summed E-state index contributed by atoms with van der Waals surface area (Å²) in [5.74, 6) is -0.371. The molecule has 0 bridgehead atoms. The van der Waals surface area contributed by atoms with Crippen LogP contribution < -0.4 is 0 Å². The van der Waals surface area contributed by atoms with Crippen LogP contribution in [0, 0.1) is 5.95 Å². The number of hydrogen-bond acceptors (Lipinski definition) is 1. The van der Waals surface area contributed by atoms with Crippen molar-refractivity contribution >= 4 is 0 Å². The van der Waals surface area contributed by atoms with E-state index in [0.29, 0.717) is 5.56 Å². The topological polar surface area (TPSA) is 12.9 Å².